The Kier molecular flexibility index (Phi) is 1.37. The lowest BCUT2D eigenvalue weighted by atomic mass is 9.46. The van der Waals surface area contributed by atoms with E-state index in [4.69, 9.17) is 0 Å². The second-order valence-electron chi connectivity index (χ2n) is 5.75. The van der Waals surface area contributed by atoms with Crippen molar-refractivity contribution in [3.05, 3.63) is 0 Å². The predicted octanol–water partition coefficient (Wildman–Crippen LogP) is 3.57. The Morgan fingerprint density at radius 2 is 0.917 bits per heavy atom. The smallest absolute Gasteiger partial charge is 0.0235 e. The first-order chi connectivity index (χ1) is 5.37. The Bertz CT molecular complexity index is 168. The van der Waals surface area contributed by atoms with E-state index >= 15 is 0 Å². The summed E-state index contributed by atoms with van der Waals surface area (Å²) in [6.45, 7) is 14.8. The molecule has 3 fully saturated rings. The van der Waals surface area contributed by atoms with Gasteiger partial charge in [0.25, 0.3) is 0 Å². The lowest BCUT2D eigenvalue weighted by molar-refractivity contribution is -0.112. The first-order valence-electron chi connectivity index (χ1n) is 5.37. The Balaban J connectivity index is 2.44. The summed E-state index contributed by atoms with van der Waals surface area (Å²) in [6.07, 6.45) is 0. The second kappa shape index (κ2) is 1.91. The first-order valence-corrected chi connectivity index (χ1v) is 5.37. The van der Waals surface area contributed by atoms with Crippen molar-refractivity contribution in [3.63, 3.8) is 0 Å². The van der Waals surface area contributed by atoms with E-state index in [2.05, 4.69) is 41.5 Å². The molecule has 0 aromatic rings. The summed E-state index contributed by atoms with van der Waals surface area (Å²) in [5.41, 5.74) is 1.29. The third-order valence-electron chi connectivity index (χ3n) is 6.44. The van der Waals surface area contributed by atoms with Crippen LogP contribution in [0.25, 0.3) is 0 Å². The van der Waals surface area contributed by atoms with Gasteiger partial charge in [0.1, 0.15) is 0 Å². The Morgan fingerprint density at radius 1 is 0.667 bits per heavy atom. The van der Waals surface area contributed by atoms with Crippen LogP contribution in [0.4, 0.5) is 0 Å². The monoisotopic (exact) mass is 166 g/mol. The van der Waals surface area contributed by atoms with E-state index in [1.807, 2.05) is 0 Å². The van der Waals surface area contributed by atoms with Gasteiger partial charge in [-0.15, -0.1) is 0 Å². The molecule has 3 aliphatic rings. The fourth-order valence-electron chi connectivity index (χ4n) is 4.65. The standard InChI is InChI=1S/C12H22/c1-7-8(2)12(6)9(3)11(7,5)10(12)4/h7-10H,1-6H3. The van der Waals surface area contributed by atoms with Crippen LogP contribution in [0.15, 0.2) is 0 Å². The Morgan fingerprint density at radius 3 is 1.00 bits per heavy atom. The molecule has 3 aliphatic carbocycles. The van der Waals surface area contributed by atoms with Crippen LogP contribution in [0.3, 0.4) is 0 Å². The molecule has 0 heteroatoms. The topological polar surface area (TPSA) is 0 Å². The molecule has 2 atom stereocenters. The fourth-order valence-corrected chi connectivity index (χ4v) is 4.65. The SMILES string of the molecule is CC1C(C)C2(C)C(C)C1(C)C2C. The third kappa shape index (κ3) is 0.506. The van der Waals surface area contributed by atoms with Crippen molar-refractivity contribution >= 4 is 0 Å². The molecule has 0 N–H and O–H groups in total. The highest BCUT2D eigenvalue weighted by Crippen LogP contribution is 2.78. The van der Waals surface area contributed by atoms with Gasteiger partial charge in [0.15, 0.2) is 0 Å². The number of hydrogen-bond donors (Lipinski definition) is 0. The van der Waals surface area contributed by atoms with Crippen LogP contribution in [-0.2, 0) is 0 Å². The van der Waals surface area contributed by atoms with Crippen LogP contribution in [0.5, 0.6) is 0 Å². The average molecular weight is 166 g/mol. The van der Waals surface area contributed by atoms with E-state index in [9.17, 15) is 0 Å². The predicted molar refractivity (Wildman–Crippen MR) is 52.9 cm³/mol. The van der Waals surface area contributed by atoms with Crippen molar-refractivity contribution in [1.82, 2.24) is 0 Å². The summed E-state index contributed by atoms with van der Waals surface area (Å²) in [5, 5.41) is 0. The van der Waals surface area contributed by atoms with Gasteiger partial charge in [-0.25, -0.2) is 0 Å². The van der Waals surface area contributed by atoms with Crippen molar-refractivity contribution in [2.75, 3.05) is 0 Å². The zero-order valence-corrected chi connectivity index (χ0v) is 9.31. The van der Waals surface area contributed by atoms with Crippen molar-refractivity contribution in [3.8, 4) is 0 Å². The zero-order valence-electron chi connectivity index (χ0n) is 9.31. The van der Waals surface area contributed by atoms with Crippen LogP contribution < -0.4 is 0 Å². The average Bonchev–Trinajstić information content (AvgIpc) is 2.28. The van der Waals surface area contributed by atoms with Crippen molar-refractivity contribution in [1.29, 1.82) is 0 Å². The van der Waals surface area contributed by atoms with E-state index in [0.717, 1.165) is 23.7 Å². The molecule has 70 valence electrons. The quantitative estimate of drug-likeness (QED) is 0.516. The molecular formula is C12H22. The van der Waals surface area contributed by atoms with E-state index in [1.54, 1.807) is 0 Å². The maximum absolute atomic E-state index is 2.50. The summed E-state index contributed by atoms with van der Waals surface area (Å²) in [6, 6.07) is 0. The lowest BCUT2D eigenvalue weighted by Gasteiger charge is -2.59. The number of hydrogen-bond acceptors (Lipinski definition) is 0. The normalized spacial score (nSPS) is 69.5. The minimum absolute atomic E-state index is 0.647. The molecule has 0 saturated heterocycles. The van der Waals surface area contributed by atoms with E-state index in [-0.39, 0.29) is 0 Å². The number of fused-ring (bicyclic) bond motifs is 1. The molecule has 0 radical (unpaired) electrons. The fraction of sp³-hybridized carbons (Fsp3) is 1.00. The molecule has 12 heavy (non-hydrogen) atoms. The third-order valence-corrected chi connectivity index (χ3v) is 6.44. The van der Waals surface area contributed by atoms with E-state index in [0.29, 0.717) is 10.8 Å². The Hall–Kier alpha value is 0. The van der Waals surface area contributed by atoms with Crippen LogP contribution in [0.1, 0.15) is 41.5 Å². The van der Waals surface area contributed by atoms with Gasteiger partial charge in [-0.1, -0.05) is 41.5 Å². The largest absolute Gasteiger partial charge is 0.0617 e. The van der Waals surface area contributed by atoms with E-state index < -0.39 is 0 Å². The molecule has 0 nitrogen and oxygen atoms in total. The van der Waals surface area contributed by atoms with Gasteiger partial charge in [0.2, 0.25) is 0 Å². The maximum Gasteiger partial charge on any atom is -0.0235 e. The Labute approximate surface area is 76.7 Å². The summed E-state index contributed by atoms with van der Waals surface area (Å²) in [4.78, 5) is 0. The van der Waals surface area contributed by atoms with Crippen LogP contribution in [0, 0.1) is 34.5 Å². The molecule has 3 saturated carbocycles. The molecule has 0 heterocycles. The molecule has 3 rings (SSSR count). The minimum atomic E-state index is 0.647. The van der Waals surface area contributed by atoms with Crippen LogP contribution >= 0.6 is 0 Å². The molecule has 0 spiro atoms. The summed E-state index contributed by atoms with van der Waals surface area (Å²) in [5.74, 6) is 3.72. The second-order valence-corrected chi connectivity index (χ2v) is 5.75. The van der Waals surface area contributed by atoms with E-state index in [1.165, 1.54) is 0 Å². The highest BCUT2D eigenvalue weighted by molar-refractivity contribution is 5.20. The molecule has 0 aromatic carbocycles. The maximum atomic E-state index is 2.50. The van der Waals surface area contributed by atoms with Crippen molar-refractivity contribution in [2.45, 2.75) is 41.5 Å². The molecule has 2 bridgehead atoms. The molecular weight excluding hydrogens is 144 g/mol. The summed E-state index contributed by atoms with van der Waals surface area (Å²) >= 11 is 0. The van der Waals surface area contributed by atoms with Crippen LogP contribution in [0.2, 0.25) is 0 Å². The van der Waals surface area contributed by atoms with Gasteiger partial charge in [-0.3, -0.25) is 0 Å². The molecule has 0 amide bonds. The first kappa shape index (κ1) is 8.59. The van der Waals surface area contributed by atoms with Gasteiger partial charge in [-0.2, -0.15) is 0 Å². The summed E-state index contributed by atoms with van der Waals surface area (Å²) < 4.78 is 0. The molecule has 0 aliphatic heterocycles. The van der Waals surface area contributed by atoms with Gasteiger partial charge in [-0.05, 0) is 34.5 Å². The number of rotatable bonds is 0. The van der Waals surface area contributed by atoms with Gasteiger partial charge < -0.3 is 0 Å². The van der Waals surface area contributed by atoms with Gasteiger partial charge in [0, 0.05) is 0 Å². The molecule has 0 aromatic heterocycles. The lowest BCUT2D eigenvalue weighted by Crippen LogP contribution is -2.54. The van der Waals surface area contributed by atoms with Crippen molar-refractivity contribution in [2.24, 2.45) is 34.5 Å². The molecule has 2 unspecified atom stereocenters. The van der Waals surface area contributed by atoms with Gasteiger partial charge in [0.05, 0.1) is 0 Å². The van der Waals surface area contributed by atoms with Crippen LogP contribution in [-0.4, -0.2) is 0 Å². The highest BCUT2D eigenvalue weighted by atomic mass is 14.8. The minimum Gasteiger partial charge on any atom is -0.0617 e. The zero-order chi connectivity index (χ0) is 9.31. The highest BCUT2D eigenvalue weighted by Gasteiger charge is 2.73. The summed E-state index contributed by atoms with van der Waals surface area (Å²) in [7, 11) is 0. The van der Waals surface area contributed by atoms with Gasteiger partial charge >= 0.3 is 0 Å². The van der Waals surface area contributed by atoms with Crippen molar-refractivity contribution < 1.29 is 0 Å².